The Morgan fingerprint density at radius 1 is 1.28 bits per heavy atom. The summed E-state index contributed by atoms with van der Waals surface area (Å²) in [4.78, 5) is 10.8. The first-order valence-electron chi connectivity index (χ1n) is 5.93. The lowest BCUT2D eigenvalue weighted by molar-refractivity contribution is -0.139. The van der Waals surface area contributed by atoms with Crippen LogP contribution in [-0.4, -0.2) is 53.3 Å². The van der Waals surface area contributed by atoms with Crippen LogP contribution in [0, 0.1) is 0 Å². The first kappa shape index (κ1) is 17.5. The Hall–Kier alpha value is -0.513. The molecule has 0 aliphatic rings. The van der Waals surface area contributed by atoms with Crippen LogP contribution in [0.5, 0.6) is 0 Å². The van der Waals surface area contributed by atoms with Gasteiger partial charge < -0.3 is 29.9 Å². The smallest absolute Gasteiger partial charge is 0.481 e. The molecular weight excluding hydrogens is 256 g/mol. The van der Waals surface area contributed by atoms with Crippen LogP contribution >= 0.6 is 0 Å². The Morgan fingerprint density at radius 2 is 1.89 bits per heavy atom. The lowest BCUT2D eigenvalue weighted by Gasteiger charge is -2.30. The third-order valence-electron chi connectivity index (χ3n) is 2.55. The summed E-state index contributed by atoms with van der Waals surface area (Å²) in [5.41, 5.74) is 10.9. The van der Waals surface area contributed by atoms with E-state index in [1.165, 1.54) is 14.2 Å². The van der Waals surface area contributed by atoms with Crippen LogP contribution < -0.4 is 11.5 Å². The van der Waals surface area contributed by atoms with Crippen molar-refractivity contribution >= 4 is 14.8 Å². The fourth-order valence-electron chi connectivity index (χ4n) is 1.60. The Labute approximate surface area is 109 Å². The van der Waals surface area contributed by atoms with Crippen molar-refractivity contribution in [2.45, 2.75) is 31.4 Å². The van der Waals surface area contributed by atoms with Crippen LogP contribution in [0.2, 0.25) is 6.04 Å². The molecule has 0 aromatic rings. The third kappa shape index (κ3) is 6.43. The number of hydrogen-bond donors (Lipinski definition) is 3. The molecule has 5 N–H and O–H groups in total. The van der Waals surface area contributed by atoms with Crippen molar-refractivity contribution in [3.8, 4) is 0 Å². The van der Waals surface area contributed by atoms with E-state index < -0.39 is 20.9 Å². The van der Waals surface area contributed by atoms with Crippen molar-refractivity contribution in [1.82, 2.24) is 0 Å². The molecule has 1 unspecified atom stereocenters. The van der Waals surface area contributed by atoms with Gasteiger partial charge in [-0.2, -0.15) is 0 Å². The average molecular weight is 280 g/mol. The first-order chi connectivity index (χ1) is 8.53. The Morgan fingerprint density at radius 3 is 2.28 bits per heavy atom. The minimum Gasteiger partial charge on any atom is -0.481 e. The van der Waals surface area contributed by atoms with Gasteiger partial charge in [-0.25, -0.2) is 0 Å². The summed E-state index contributed by atoms with van der Waals surface area (Å²) in [7, 11) is 0.182. The monoisotopic (exact) mass is 280 g/mol. The topological polar surface area (TPSA) is 117 Å². The zero-order valence-electron chi connectivity index (χ0n) is 11.1. The number of nitrogens with two attached hydrogens (primary N) is 2. The normalized spacial score (nSPS) is 13.6. The zero-order chi connectivity index (χ0) is 14.0. The van der Waals surface area contributed by atoms with Gasteiger partial charge in [-0.15, -0.1) is 0 Å². The maximum Gasteiger partial charge on any atom is 0.500 e. The van der Waals surface area contributed by atoms with Gasteiger partial charge in [0.25, 0.3) is 0 Å². The van der Waals surface area contributed by atoms with E-state index in [0.29, 0.717) is 32.0 Å². The van der Waals surface area contributed by atoms with Crippen molar-refractivity contribution in [2.75, 3.05) is 27.3 Å². The molecule has 0 aromatic carbocycles. The van der Waals surface area contributed by atoms with Gasteiger partial charge in [0.1, 0.15) is 0 Å². The fraction of sp³-hybridized carbons (Fsp3) is 0.900. The molecule has 0 rings (SSSR count). The van der Waals surface area contributed by atoms with Gasteiger partial charge in [0.2, 0.25) is 0 Å². The van der Waals surface area contributed by atoms with Crippen molar-refractivity contribution in [2.24, 2.45) is 11.5 Å². The van der Waals surface area contributed by atoms with Crippen molar-refractivity contribution in [3.05, 3.63) is 0 Å². The summed E-state index contributed by atoms with van der Waals surface area (Å²) in [5, 5.41) is 8.82. The van der Waals surface area contributed by atoms with Crippen LogP contribution in [0.1, 0.15) is 19.3 Å². The van der Waals surface area contributed by atoms with E-state index in [1.807, 2.05) is 0 Å². The first-order valence-corrected chi connectivity index (χ1v) is 7.86. The van der Waals surface area contributed by atoms with Gasteiger partial charge in [0.05, 0.1) is 12.5 Å². The molecule has 0 saturated heterocycles. The maximum atomic E-state index is 10.8. The van der Waals surface area contributed by atoms with Crippen LogP contribution in [0.4, 0.5) is 0 Å². The summed E-state index contributed by atoms with van der Waals surface area (Å²) in [6.45, 7) is 0.859. The molecule has 8 heteroatoms. The highest BCUT2D eigenvalue weighted by molar-refractivity contribution is 6.60. The number of carboxylic acids is 1. The van der Waals surface area contributed by atoms with E-state index in [1.54, 1.807) is 0 Å². The molecule has 0 aromatic heterocycles. The van der Waals surface area contributed by atoms with E-state index in [9.17, 15) is 4.79 Å². The zero-order valence-corrected chi connectivity index (χ0v) is 12.1. The molecule has 0 heterocycles. The standard InChI is InChI=1S/C10H24N2O5Si/c1-15-18(16-2,7-3-5-11)17-9(4-6-12)8-10(13)14/h9H,3-8,11-12H2,1-2H3,(H,13,14). The molecule has 0 aliphatic heterocycles. The molecule has 0 amide bonds. The second-order valence-electron chi connectivity index (χ2n) is 3.90. The molecular formula is C10H24N2O5Si. The largest absolute Gasteiger partial charge is 0.500 e. The molecule has 7 nitrogen and oxygen atoms in total. The Balaban J connectivity index is 4.61. The van der Waals surface area contributed by atoms with E-state index in [2.05, 4.69) is 0 Å². The SMILES string of the molecule is CO[Si](CCCN)(OC)OC(CCN)CC(=O)O. The molecule has 0 spiro atoms. The average Bonchev–Trinajstić information content (AvgIpc) is 2.34. The lowest BCUT2D eigenvalue weighted by Crippen LogP contribution is -2.47. The highest BCUT2D eigenvalue weighted by Gasteiger charge is 2.41. The summed E-state index contributed by atoms with van der Waals surface area (Å²) in [6, 6.07) is 0.567. The van der Waals surface area contributed by atoms with Gasteiger partial charge in [0, 0.05) is 20.3 Å². The summed E-state index contributed by atoms with van der Waals surface area (Å²) in [6.07, 6.45) is 0.561. The molecule has 18 heavy (non-hydrogen) atoms. The van der Waals surface area contributed by atoms with E-state index >= 15 is 0 Å². The molecule has 0 bridgehead atoms. The second kappa shape index (κ2) is 9.42. The van der Waals surface area contributed by atoms with Gasteiger partial charge in [-0.1, -0.05) is 0 Å². The highest BCUT2D eigenvalue weighted by Crippen LogP contribution is 2.20. The van der Waals surface area contributed by atoms with Crippen LogP contribution in [-0.2, 0) is 18.1 Å². The number of aliphatic carboxylic acids is 1. The molecule has 0 fully saturated rings. The summed E-state index contributed by atoms with van der Waals surface area (Å²) < 4.78 is 16.5. The molecule has 0 aliphatic carbocycles. The van der Waals surface area contributed by atoms with Crippen molar-refractivity contribution in [1.29, 1.82) is 0 Å². The van der Waals surface area contributed by atoms with E-state index in [-0.39, 0.29) is 6.42 Å². The minimum atomic E-state index is -2.83. The molecule has 0 saturated carbocycles. The second-order valence-corrected chi connectivity index (χ2v) is 6.82. The predicted molar refractivity (Wildman–Crippen MR) is 69.0 cm³/mol. The van der Waals surface area contributed by atoms with Gasteiger partial charge in [-0.05, 0) is 25.9 Å². The summed E-state index contributed by atoms with van der Waals surface area (Å²) >= 11 is 0. The molecule has 0 radical (unpaired) electrons. The molecule has 108 valence electrons. The lowest BCUT2D eigenvalue weighted by atomic mass is 10.2. The minimum absolute atomic E-state index is 0.110. The number of carboxylic acid groups (broad SMARTS) is 1. The fourth-order valence-corrected chi connectivity index (χ4v) is 3.83. The maximum absolute atomic E-state index is 10.8. The van der Waals surface area contributed by atoms with Crippen LogP contribution in [0.25, 0.3) is 0 Å². The van der Waals surface area contributed by atoms with Crippen molar-refractivity contribution in [3.63, 3.8) is 0 Å². The Bertz CT molecular complexity index is 238. The number of hydrogen-bond acceptors (Lipinski definition) is 6. The number of rotatable bonds is 11. The summed E-state index contributed by atoms with van der Waals surface area (Å²) in [5.74, 6) is -0.928. The van der Waals surface area contributed by atoms with Gasteiger partial charge >= 0.3 is 14.8 Å². The van der Waals surface area contributed by atoms with Crippen molar-refractivity contribution < 1.29 is 23.2 Å². The predicted octanol–water partition coefficient (Wildman–Crippen LogP) is -0.224. The number of carbonyl (C=O) groups is 1. The van der Waals surface area contributed by atoms with E-state index in [0.717, 1.165) is 0 Å². The van der Waals surface area contributed by atoms with Crippen LogP contribution in [0.15, 0.2) is 0 Å². The van der Waals surface area contributed by atoms with Gasteiger partial charge in [-0.3, -0.25) is 4.79 Å². The Kier molecular flexibility index (Phi) is 9.15. The van der Waals surface area contributed by atoms with Crippen LogP contribution in [0.3, 0.4) is 0 Å². The van der Waals surface area contributed by atoms with E-state index in [4.69, 9.17) is 29.9 Å². The highest BCUT2D eigenvalue weighted by atomic mass is 28.4. The third-order valence-corrected chi connectivity index (χ3v) is 5.45. The molecule has 1 atom stereocenters. The quantitative estimate of drug-likeness (QED) is 0.448. The van der Waals surface area contributed by atoms with Gasteiger partial charge in [0.15, 0.2) is 0 Å².